The Morgan fingerprint density at radius 3 is 2.76 bits per heavy atom. The number of nitrogens with two attached hydrogens (primary N) is 1. The smallest absolute Gasteiger partial charge is 0.350 e. The van der Waals surface area contributed by atoms with Gasteiger partial charge >= 0.3 is 5.97 Å². The monoisotopic (exact) mass is 260 g/mol. The van der Waals surface area contributed by atoms with E-state index in [0.29, 0.717) is 10.6 Å². The predicted octanol–water partition coefficient (Wildman–Crippen LogP) is -0.0188. The molecule has 1 aromatic rings. The van der Waals surface area contributed by atoms with Crippen LogP contribution in [0.15, 0.2) is 0 Å². The molecule has 2 unspecified atom stereocenters. The lowest BCUT2D eigenvalue weighted by molar-refractivity contribution is 0.0241. The molecule has 6 nitrogen and oxygen atoms in total. The van der Waals surface area contributed by atoms with Crippen molar-refractivity contribution in [1.29, 1.82) is 0 Å². The summed E-state index contributed by atoms with van der Waals surface area (Å²) < 4.78 is 4.85. The fourth-order valence-electron chi connectivity index (χ4n) is 1.22. The highest BCUT2D eigenvalue weighted by molar-refractivity contribution is 7.13. The van der Waals surface area contributed by atoms with E-state index in [0.717, 1.165) is 11.3 Å². The lowest BCUT2D eigenvalue weighted by Crippen LogP contribution is -2.27. The second-order valence-corrected chi connectivity index (χ2v) is 4.47. The van der Waals surface area contributed by atoms with Crippen LogP contribution in [0.25, 0.3) is 0 Å². The number of carbonyl (C=O) groups is 1. The van der Waals surface area contributed by atoms with Gasteiger partial charge in [-0.25, -0.2) is 9.78 Å². The van der Waals surface area contributed by atoms with E-state index in [9.17, 15) is 15.0 Å². The van der Waals surface area contributed by atoms with E-state index in [1.54, 1.807) is 13.8 Å². The van der Waals surface area contributed by atoms with Crippen LogP contribution in [0, 0.1) is 6.92 Å². The van der Waals surface area contributed by atoms with Crippen LogP contribution < -0.4 is 5.73 Å². The summed E-state index contributed by atoms with van der Waals surface area (Å²) in [7, 11) is 0. The molecule has 0 spiro atoms. The van der Waals surface area contributed by atoms with E-state index >= 15 is 0 Å². The maximum absolute atomic E-state index is 11.5. The summed E-state index contributed by atoms with van der Waals surface area (Å²) in [5.74, 6) is -0.469. The molecule has 0 amide bonds. The molecule has 17 heavy (non-hydrogen) atoms. The molecule has 0 aliphatic carbocycles. The molecule has 0 radical (unpaired) electrons. The van der Waals surface area contributed by atoms with Crippen LogP contribution >= 0.6 is 11.3 Å². The molecule has 0 saturated carbocycles. The molecule has 4 N–H and O–H groups in total. The maximum Gasteiger partial charge on any atom is 0.350 e. The molecule has 2 atom stereocenters. The van der Waals surface area contributed by atoms with Crippen molar-refractivity contribution in [2.45, 2.75) is 26.1 Å². The maximum atomic E-state index is 11.5. The van der Waals surface area contributed by atoms with Gasteiger partial charge in [0.15, 0.2) is 0 Å². The first-order valence-electron chi connectivity index (χ1n) is 5.21. The average molecular weight is 260 g/mol. The third kappa shape index (κ3) is 3.22. The van der Waals surface area contributed by atoms with Gasteiger partial charge in [0.05, 0.1) is 18.4 Å². The zero-order chi connectivity index (χ0) is 13.0. The number of thiazole rings is 1. The second kappa shape index (κ2) is 6.06. The van der Waals surface area contributed by atoms with Crippen molar-refractivity contribution in [3.63, 3.8) is 0 Å². The molecule has 7 heteroatoms. The van der Waals surface area contributed by atoms with E-state index in [1.807, 2.05) is 0 Å². The first-order chi connectivity index (χ1) is 8.01. The normalized spacial score (nSPS) is 14.4. The fraction of sp³-hybridized carbons (Fsp3) is 0.600. The number of hydrogen-bond acceptors (Lipinski definition) is 7. The minimum atomic E-state index is -1.17. The SMILES string of the molecule is CCOC(=O)c1sc(C(O)C(O)CN)nc1C. The van der Waals surface area contributed by atoms with Gasteiger partial charge in [-0.3, -0.25) is 0 Å². The molecule has 96 valence electrons. The summed E-state index contributed by atoms with van der Waals surface area (Å²) in [5, 5.41) is 19.4. The number of carbonyl (C=O) groups excluding carboxylic acids is 1. The van der Waals surface area contributed by atoms with Gasteiger partial charge in [-0.2, -0.15) is 0 Å². The van der Waals surface area contributed by atoms with Crippen molar-refractivity contribution >= 4 is 17.3 Å². The molecule has 0 aliphatic rings. The second-order valence-electron chi connectivity index (χ2n) is 3.43. The first-order valence-corrected chi connectivity index (χ1v) is 6.03. The zero-order valence-electron chi connectivity index (χ0n) is 9.71. The molecule has 0 saturated heterocycles. The van der Waals surface area contributed by atoms with Gasteiger partial charge in [0.1, 0.15) is 16.0 Å². The van der Waals surface area contributed by atoms with E-state index < -0.39 is 18.2 Å². The van der Waals surface area contributed by atoms with Crippen LogP contribution in [-0.4, -0.2) is 40.4 Å². The van der Waals surface area contributed by atoms with Crippen LogP contribution in [0.1, 0.15) is 33.4 Å². The number of aromatic nitrogens is 1. The topological polar surface area (TPSA) is 106 Å². The Labute approximate surface area is 103 Å². The first kappa shape index (κ1) is 14.0. The molecule has 0 fully saturated rings. The number of aryl methyl sites for hydroxylation is 1. The van der Waals surface area contributed by atoms with Crippen LogP contribution in [0.5, 0.6) is 0 Å². The molecular formula is C10H16N2O4S. The number of aliphatic hydroxyl groups excluding tert-OH is 2. The van der Waals surface area contributed by atoms with Crippen LogP contribution in [0.4, 0.5) is 0 Å². The molecule has 1 heterocycles. The molecular weight excluding hydrogens is 244 g/mol. The third-order valence-corrected chi connectivity index (χ3v) is 3.34. The minimum absolute atomic E-state index is 0.0749. The van der Waals surface area contributed by atoms with Crippen LogP contribution in [0.3, 0.4) is 0 Å². The Kier molecular flexibility index (Phi) is 5.01. The summed E-state index contributed by atoms with van der Waals surface area (Å²) in [6.07, 6.45) is -2.26. The fourth-order valence-corrected chi connectivity index (χ4v) is 2.23. The summed E-state index contributed by atoms with van der Waals surface area (Å²) in [4.78, 5) is 15.9. The standard InChI is InChI=1S/C10H16N2O4S/c1-3-16-10(15)8-5(2)12-9(17-8)7(14)6(13)4-11/h6-7,13-14H,3-4,11H2,1-2H3. The van der Waals surface area contributed by atoms with Crippen molar-refractivity contribution in [3.05, 3.63) is 15.6 Å². The molecule has 0 aliphatic heterocycles. The number of nitrogens with zero attached hydrogens (tertiary/aromatic N) is 1. The van der Waals surface area contributed by atoms with Crippen molar-refractivity contribution in [1.82, 2.24) is 4.98 Å². The number of aliphatic hydroxyl groups is 2. The van der Waals surface area contributed by atoms with E-state index in [1.165, 1.54) is 0 Å². The summed E-state index contributed by atoms with van der Waals surface area (Å²) in [5.41, 5.74) is 5.72. The van der Waals surface area contributed by atoms with E-state index in [-0.39, 0.29) is 18.2 Å². The summed E-state index contributed by atoms with van der Waals surface area (Å²) in [6.45, 7) is 3.56. The predicted molar refractivity (Wildman–Crippen MR) is 62.8 cm³/mol. The highest BCUT2D eigenvalue weighted by Crippen LogP contribution is 2.26. The Bertz CT molecular complexity index is 394. The lowest BCUT2D eigenvalue weighted by Gasteiger charge is -2.12. The zero-order valence-corrected chi connectivity index (χ0v) is 10.5. The quantitative estimate of drug-likeness (QED) is 0.643. The molecule has 1 aromatic heterocycles. The Morgan fingerprint density at radius 2 is 2.24 bits per heavy atom. The number of hydrogen-bond donors (Lipinski definition) is 3. The number of ether oxygens (including phenoxy) is 1. The molecule has 1 rings (SSSR count). The largest absolute Gasteiger partial charge is 0.462 e. The van der Waals surface area contributed by atoms with Crippen LogP contribution in [-0.2, 0) is 4.74 Å². The van der Waals surface area contributed by atoms with Crippen molar-refractivity contribution in [2.24, 2.45) is 5.73 Å². The summed E-state index contributed by atoms with van der Waals surface area (Å²) in [6, 6.07) is 0. The van der Waals surface area contributed by atoms with E-state index in [2.05, 4.69) is 4.98 Å². The Morgan fingerprint density at radius 1 is 1.59 bits per heavy atom. The minimum Gasteiger partial charge on any atom is -0.462 e. The van der Waals surface area contributed by atoms with Gasteiger partial charge in [-0.05, 0) is 13.8 Å². The van der Waals surface area contributed by atoms with Crippen molar-refractivity contribution < 1.29 is 19.7 Å². The average Bonchev–Trinajstić information content (AvgIpc) is 2.69. The van der Waals surface area contributed by atoms with E-state index in [4.69, 9.17) is 10.5 Å². The van der Waals surface area contributed by atoms with Crippen molar-refractivity contribution in [2.75, 3.05) is 13.2 Å². The van der Waals surface area contributed by atoms with Gasteiger partial charge in [-0.1, -0.05) is 0 Å². The highest BCUT2D eigenvalue weighted by atomic mass is 32.1. The van der Waals surface area contributed by atoms with Gasteiger partial charge < -0.3 is 20.7 Å². The number of rotatable bonds is 5. The number of esters is 1. The summed E-state index contributed by atoms with van der Waals surface area (Å²) >= 11 is 1.01. The Hall–Kier alpha value is -1.02. The molecule has 0 bridgehead atoms. The van der Waals surface area contributed by atoms with Gasteiger partial charge in [0, 0.05) is 6.54 Å². The highest BCUT2D eigenvalue weighted by Gasteiger charge is 2.24. The molecule has 0 aromatic carbocycles. The van der Waals surface area contributed by atoms with Crippen molar-refractivity contribution in [3.8, 4) is 0 Å². The van der Waals surface area contributed by atoms with Gasteiger partial charge in [0.2, 0.25) is 0 Å². The van der Waals surface area contributed by atoms with Crippen LogP contribution in [0.2, 0.25) is 0 Å². The lowest BCUT2D eigenvalue weighted by atomic mass is 10.2. The Balaban J connectivity index is 2.91. The third-order valence-electron chi connectivity index (χ3n) is 2.13. The van der Waals surface area contributed by atoms with Gasteiger partial charge in [0.25, 0.3) is 0 Å². The van der Waals surface area contributed by atoms with Gasteiger partial charge in [-0.15, -0.1) is 11.3 Å².